The van der Waals surface area contributed by atoms with Gasteiger partial charge in [0.1, 0.15) is 16.1 Å². The van der Waals surface area contributed by atoms with Gasteiger partial charge in [0.25, 0.3) is 5.56 Å². The first kappa shape index (κ1) is 12.0. The van der Waals surface area contributed by atoms with E-state index < -0.39 is 0 Å². The van der Waals surface area contributed by atoms with Gasteiger partial charge >= 0.3 is 0 Å². The molecule has 0 atom stereocenters. The van der Waals surface area contributed by atoms with Crippen molar-refractivity contribution < 1.29 is 4.39 Å². The highest BCUT2D eigenvalue weighted by atomic mass is 79.9. The van der Waals surface area contributed by atoms with Gasteiger partial charge in [-0.15, -0.1) is 0 Å². The van der Waals surface area contributed by atoms with Crippen LogP contribution in [0.25, 0.3) is 0 Å². The predicted molar refractivity (Wildman–Crippen MR) is 66.4 cm³/mol. The minimum Gasteiger partial charge on any atom is -0.291 e. The van der Waals surface area contributed by atoms with Crippen LogP contribution in [0.15, 0.2) is 39.7 Å². The molecule has 0 radical (unpaired) electrons. The SMILES string of the molecule is Cc1ncc(Br)c(=O)n1Cc1ccccc1F. The van der Waals surface area contributed by atoms with Gasteiger partial charge in [0.2, 0.25) is 0 Å². The molecule has 0 fully saturated rings. The Labute approximate surface area is 106 Å². The van der Waals surface area contributed by atoms with Crippen LogP contribution in [0.3, 0.4) is 0 Å². The van der Waals surface area contributed by atoms with Crippen LogP contribution in [0.4, 0.5) is 4.39 Å². The molecule has 0 aliphatic carbocycles. The maximum atomic E-state index is 13.5. The maximum absolute atomic E-state index is 13.5. The van der Waals surface area contributed by atoms with E-state index in [9.17, 15) is 9.18 Å². The van der Waals surface area contributed by atoms with Gasteiger partial charge in [0, 0.05) is 11.8 Å². The third-order valence-electron chi connectivity index (χ3n) is 2.49. The highest BCUT2D eigenvalue weighted by molar-refractivity contribution is 9.10. The third-order valence-corrected chi connectivity index (χ3v) is 3.04. The first-order chi connectivity index (χ1) is 8.09. The Morgan fingerprint density at radius 2 is 2.12 bits per heavy atom. The molecule has 1 aromatic heterocycles. The second-order valence-electron chi connectivity index (χ2n) is 3.64. The molecule has 0 unspecified atom stereocenters. The summed E-state index contributed by atoms with van der Waals surface area (Å²) in [5.74, 6) is 0.236. The van der Waals surface area contributed by atoms with Crippen molar-refractivity contribution in [3.63, 3.8) is 0 Å². The Hall–Kier alpha value is -1.49. The smallest absolute Gasteiger partial charge is 0.268 e. The molecule has 1 aromatic carbocycles. The molecule has 1 heterocycles. The molecule has 2 rings (SSSR count). The van der Waals surface area contributed by atoms with Gasteiger partial charge in [0.15, 0.2) is 0 Å². The fraction of sp³-hybridized carbons (Fsp3) is 0.167. The molecule has 0 amide bonds. The van der Waals surface area contributed by atoms with Gasteiger partial charge in [-0.05, 0) is 28.9 Å². The second-order valence-corrected chi connectivity index (χ2v) is 4.49. The van der Waals surface area contributed by atoms with Gasteiger partial charge in [-0.3, -0.25) is 9.36 Å². The first-order valence-electron chi connectivity index (χ1n) is 5.05. The lowest BCUT2D eigenvalue weighted by Gasteiger charge is -2.09. The Bertz CT molecular complexity index is 610. The number of rotatable bonds is 2. The molecule has 5 heteroatoms. The van der Waals surface area contributed by atoms with Crippen molar-refractivity contribution in [1.82, 2.24) is 9.55 Å². The van der Waals surface area contributed by atoms with Crippen LogP contribution < -0.4 is 5.56 Å². The topological polar surface area (TPSA) is 34.9 Å². The third kappa shape index (κ3) is 2.44. The van der Waals surface area contributed by atoms with Crippen LogP contribution in [0.5, 0.6) is 0 Å². The summed E-state index contributed by atoms with van der Waals surface area (Å²) in [6, 6.07) is 6.39. The molecule has 0 saturated carbocycles. The zero-order chi connectivity index (χ0) is 12.4. The molecule has 0 saturated heterocycles. The van der Waals surface area contributed by atoms with Crippen LogP contribution in [-0.2, 0) is 6.54 Å². The van der Waals surface area contributed by atoms with Crippen LogP contribution in [0, 0.1) is 12.7 Å². The van der Waals surface area contributed by atoms with Crippen LogP contribution >= 0.6 is 15.9 Å². The fourth-order valence-corrected chi connectivity index (χ4v) is 1.85. The van der Waals surface area contributed by atoms with Crippen LogP contribution in [0.2, 0.25) is 0 Å². The number of aromatic nitrogens is 2. The molecule has 3 nitrogen and oxygen atoms in total. The normalized spacial score (nSPS) is 10.5. The first-order valence-corrected chi connectivity index (χ1v) is 5.84. The van der Waals surface area contributed by atoms with Gasteiger partial charge in [-0.1, -0.05) is 18.2 Å². The van der Waals surface area contributed by atoms with E-state index in [1.165, 1.54) is 16.8 Å². The van der Waals surface area contributed by atoms with E-state index in [1.54, 1.807) is 25.1 Å². The molecule has 2 aromatic rings. The van der Waals surface area contributed by atoms with Crippen molar-refractivity contribution >= 4 is 15.9 Å². The number of hydrogen-bond donors (Lipinski definition) is 0. The molecule has 0 N–H and O–H groups in total. The molecule has 0 aliphatic rings. The van der Waals surface area contributed by atoms with Crippen molar-refractivity contribution in [3.05, 3.63) is 62.5 Å². The van der Waals surface area contributed by atoms with Gasteiger partial charge in [-0.25, -0.2) is 9.37 Å². The van der Waals surface area contributed by atoms with Crippen LogP contribution in [0.1, 0.15) is 11.4 Å². The lowest BCUT2D eigenvalue weighted by Crippen LogP contribution is -2.24. The Kier molecular flexibility index (Phi) is 3.38. The summed E-state index contributed by atoms with van der Waals surface area (Å²) in [4.78, 5) is 15.9. The summed E-state index contributed by atoms with van der Waals surface area (Å²) in [5.41, 5.74) is 0.262. The highest BCUT2D eigenvalue weighted by Crippen LogP contribution is 2.09. The van der Waals surface area contributed by atoms with Crippen molar-refractivity contribution in [1.29, 1.82) is 0 Å². The number of halogens is 2. The Balaban J connectivity index is 2.47. The quantitative estimate of drug-likeness (QED) is 0.853. The minimum atomic E-state index is -0.321. The predicted octanol–water partition coefficient (Wildman–Crippen LogP) is 2.50. The van der Waals surface area contributed by atoms with Gasteiger partial charge in [0.05, 0.1) is 6.54 Å². The van der Waals surface area contributed by atoms with Gasteiger partial charge in [-0.2, -0.15) is 0 Å². The summed E-state index contributed by atoms with van der Waals surface area (Å²) in [6.45, 7) is 1.90. The van der Waals surface area contributed by atoms with Crippen LogP contribution in [-0.4, -0.2) is 9.55 Å². The molecular weight excluding hydrogens is 287 g/mol. The molecule has 88 valence electrons. The van der Waals surface area contributed by atoms with E-state index in [0.29, 0.717) is 15.9 Å². The average molecular weight is 297 g/mol. The minimum absolute atomic E-state index is 0.184. The lowest BCUT2D eigenvalue weighted by molar-refractivity contribution is 0.589. The summed E-state index contributed by atoms with van der Waals surface area (Å²) in [5, 5.41) is 0. The second kappa shape index (κ2) is 4.79. The van der Waals surface area contributed by atoms with E-state index in [2.05, 4.69) is 20.9 Å². The fourth-order valence-electron chi connectivity index (χ4n) is 1.53. The van der Waals surface area contributed by atoms with Gasteiger partial charge < -0.3 is 0 Å². The number of aryl methyl sites for hydroxylation is 1. The van der Waals surface area contributed by atoms with Crippen molar-refractivity contribution in [2.75, 3.05) is 0 Å². The summed E-state index contributed by atoms with van der Waals surface area (Å²) in [6.07, 6.45) is 1.45. The number of benzene rings is 1. The molecule has 0 bridgehead atoms. The molecule has 17 heavy (non-hydrogen) atoms. The van der Waals surface area contributed by atoms with E-state index in [4.69, 9.17) is 0 Å². The Morgan fingerprint density at radius 1 is 1.41 bits per heavy atom. The summed E-state index contributed by atoms with van der Waals surface area (Å²) in [7, 11) is 0. The average Bonchev–Trinajstić information content (AvgIpc) is 2.32. The zero-order valence-electron chi connectivity index (χ0n) is 9.15. The van der Waals surface area contributed by atoms with E-state index in [0.717, 1.165) is 0 Å². The molecular formula is C12H10BrFN2O. The van der Waals surface area contributed by atoms with E-state index in [-0.39, 0.29) is 17.9 Å². The number of hydrogen-bond acceptors (Lipinski definition) is 2. The largest absolute Gasteiger partial charge is 0.291 e. The summed E-state index contributed by atoms with van der Waals surface area (Å²) >= 11 is 3.12. The standard InChI is InChI=1S/C12H10BrFN2O/c1-8-15-6-10(13)12(17)16(8)7-9-4-2-3-5-11(9)14/h2-6H,7H2,1H3. The van der Waals surface area contributed by atoms with Crippen molar-refractivity contribution in [2.24, 2.45) is 0 Å². The highest BCUT2D eigenvalue weighted by Gasteiger charge is 2.08. The number of nitrogens with zero attached hydrogens (tertiary/aromatic N) is 2. The summed E-state index contributed by atoms with van der Waals surface area (Å²) < 4.78 is 15.3. The zero-order valence-corrected chi connectivity index (χ0v) is 10.7. The van der Waals surface area contributed by atoms with E-state index in [1.807, 2.05) is 0 Å². The lowest BCUT2D eigenvalue weighted by atomic mass is 10.2. The Morgan fingerprint density at radius 3 is 2.82 bits per heavy atom. The van der Waals surface area contributed by atoms with Crippen molar-refractivity contribution in [3.8, 4) is 0 Å². The van der Waals surface area contributed by atoms with Crippen molar-refractivity contribution in [2.45, 2.75) is 13.5 Å². The molecule has 0 spiro atoms. The maximum Gasteiger partial charge on any atom is 0.268 e. The molecule has 0 aliphatic heterocycles. The monoisotopic (exact) mass is 296 g/mol. The van der Waals surface area contributed by atoms with E-state index >= 15 is 0 Å².